The average Bonchev–Trinajstić information content (AvgIpc) is 3.43. The standard InChI is InChI=1S/C23H15N3O7S2/c1-30-18-8-13(2-5-17(18)33-21-7-4-15(11-24-21)26(28)29)9-20-22(27)25(23(34)35-20)14-3-6-16-19(10-14)32-12-31-16/h2-11H,12H2,1H3/b20-9+. The van der Waals surface area contributed by atoms with Crippen LogP contribution in [0.4, 0.5) is 11.4 Å². The van der Waals surface area contributed by atoms with Crippen LogP contribution in [-0.4, -0.2) is 34.0 Å². The monoisotopic (exact) mass is 509 g/mol. The molecule has 176 valence electrons. The minimum atomic E-state index is -0.540. The number of rotatable bonds is 6. The molecule has 0 atom stereocenters. The van der Waals surface area contributed by atoms with Gasteiger partial charge in [-0.15, -0.1) is 0 Å². The Hall–Kier alpha value is -4.16. The number of hydrogen-bond acceptors (Lipinski definition) is 10. The van der Waals surface area contributed by atoms with Gasteiger partial charge < -0.3 is 18.9 Å². The molecular weight excluding hydrogens is 494 g/mol. The number of fused-ring (bicyclic) bond motifs is 1. The van der Waals surface area contributed by atoms with E-state index < -0.39 is 4.92 Å². The molecule has 35 heavy (non-hydrogen) atoms. The van der Waals surface area contributed by atoms with E-state index in [4.69, 9.17) is 31.2 Å². The summed E-state index contributed by atoms with van der Waals surface area (Å²) in [6, 6.07) is 13.0. The maximum absolute atomic E-state index is 13.1. The topological polar surface area (TPSA) is 113 Å². The summed E-state index contributed by atoms with van der Waals surface area (Å²) in [4.78, 5) is 29.2. The van der Waals surface area contributed by atoms with Crippen molar-refractivity contribution in [3.8, 4) is 28.9 Å². The van der Waals surface area contributed by atoms with Crippen LogP contribution < -0.4 is 23.8 Å². The van der Waals surface area contributed by atoms with Gasteiger partial charge in [0.05, 0.1) is 22.6 Å². The number of aromatic nitrogens is 1. The molecule has 0 radical (unpaired) electrons. The Kier molecular flexibility index (Phi) is 5.97. The van der Waals surface area contributed by atoms with E-state index in [1.165, 1.54) is 35.9 Å². The number of amides is 1. The van der Waals surface area contributed by atoms with Crippen molar-refractivity contribution in [2.45, 2.75) is 0 Å². The quantitative estimate of drug-likeness (QED) is 0.196. The second kappa shape index (κ2) is 9.24. The number of carbonyl (C=O) groups is 1. The summed E-state index contributed by atoms with van der Waals surface area (Å²) in [5.74, 6) is 1.85. The Balaban J connectivity index is 1.37. The first-order valence-electron chi connectivity index (χ1n) is 10.1. The number of thioether (sulfide) groups is 1. The smallest absolute Gasteiger partial charge is 0.287 e. The van der Waals surface area contributed by atoms with Crippen LogP contribution in [0.1, 0.15) is 5.56 Å². The van der Waals surface area contributed by atoms with Gasteiger partial charge in [0.15, 0.2) is 27.3 Å². The number of pyridine rings is 1. The van der Waals surface area contributed by atoms with Crippen molar-refractivity contribution in [1.29, 1.82) is 0 Å². The zero-order chi connectivity index (χ0) is 24.5. The van der Waals surface area contributed by atoms with Crippen LogP contribution in [0.25, 0.3) is 6.08 Å². The fourth-order valence-corrected chi connectivity index (χ4v) is 4.68. The molecule has 1 saturated heterocycles. The van der Waals surface area contributed by atoms with Gasteiger partial charge in [0.25, 0.3) is 11.6 Å². The molecule has 1 amide bonds. The van der Waals surface area contributed by atoms with Gasteiger partial charge in [-0.2, -0.15) is 0 Å². The van der Waals surface area contributed by atoms with Gasteiger partial charge in [0, 0.05) is 18.2 Å². The molecule has 0 saturated carbocycles. The van der Waals surface area contributed by atoms with Gasteiger partial charge in [-0.3, -0.25) is 19.8 Å². The van der Waals surface area contributed by atoms with Gasteiger partial charge in [-0.05, 0) is 35.9 Å². The van der Waals surface area contributed by atoms with Crippen LogP contribution >= 0.6 is 24.0 Å². The molecule has 10 nitrogen and oxygen atoms in total. The van der Waals surface area contributed by atoms with Crippen LogP contribution in [0.15, 0.2) is 59.6 Å². The fourth-order valence-electron chi connectivity index (χ4n) is 3.38. The highest BCUT2D eigenvalue weighted by Gasteiger charge is 2.34. The van der Waals surface area contributed by atoms with E-state index in [1.807, 2.05) is 0 Å². The maximum Gasteiger partial charge on any atom is 0.287 e. The first kappa shape index (κ1) is 22.6. The van der Waals surface area contributed by atoms with E-state index in [0.717, 1.165) is 6.20 Å². The van der Waals surface area contributed by atoms with E-state index in [9.17, 15) is 14.9 Å². The Morgan fingerprint density at radius 2 is 1.97 bits per heavy atom. The van der Waals surface area contributed by atoms with Crippen LogP contribution in [-0.2, 0) is 4.79 Å². The summed E-state index contributed by atoms with van der Waals surface area (Å²) >= 11 is 6.64. The van der Waals surface area contributed by atoms with Crippen LogP contribution in [0.3, 0.4) is 0 Å². The zero-order valence-corrected chi connectivity index (χ0v) is 19.6. The first-order valence-corrected chi connectivity index (χ1v) is 11.3. The molecule has 2 aliphatic rings. The summed E-state index contributed by atoms with van der Waals surface area (Å²) in [6.45, 7) is 0.138. The highest BCUT2D eigenvalue weighted by molar-refractivity contribution is 8.27. The zero-order valence-electron chi connectivity index (χ0n) is 18.0. The summed E-state index contributed by atoms with van der Waals surface area (Å²) in [6.07, 6.45) is 2.82. The summed E-state index contributed by atoms with van der Waals surface area (Å²) < 4.78 is 22.3. The Morgan fingerprint density at radius 3 is 2.71 bits per heavy atom. The molecular formula is C23H15N3O7S2. The molecule has 1 fully saturated rings. The van der Waals surface area contributed by atoms with E-state index in [-0.39, 0.29) is 24.3 Å². The van der Waals surface area contributed by atoms with Crippen molar-refractivity contribution < 1.29 is 28.7 Å². The number of ether oxygens (including phenoxy) is 4. The van der Waals surface area contributed by atoms with Crippen molar-refractivity contribution in [2.24, 2.45) is 0 Å². The highest BCUT2D eigenvalue weighted by atomic mass is 32.2. The fraction of sp³-hybridized carbons (Fsp3) is 0.0870. The molecule has 2 aromatic carbocycles. The molecule has 3 aromatic rings. The van der Waals surface area contributed by atoms with Crippen LogP contribution in [0.2, 0.25) is 0 Å². The van der Waals surface area contributed by atoms with E-state index in [2.05, 4.69) is 4.98 Å². The lowest BCUT2D eigenvalue weighted by Crippen LogP contribution is -2.27. The van der Waals surface area contributed by atoms with Crippen molar-refractivity contribution in [2.75, 3.05) is 18.8 Å². The number of anilines is 1. The number of nitrogens with zero attached hydrogens (tertiary/aromatic N) is 3. The lowest BCUT2D eigenvalue weighted by molar-refractivity contribution is -0.385. The van der Waals surface area contributed by atoms with E-state index in [1.54, 1.807) is 42.5 Å². The second-order valence-corrected chi connectivity index (χ2v) is 8.85. The Labute approximate surface area is 208 Å². The molecule has 12 heteroatoms. The van der Waals surface area contributed by atoms with Crippen molar-refractivity contribution in [1.82, 2.24) is 4.98 Å². The largest absolute Gasteiger partial charge is 0.493 e. The van der Waals surface area contributed by atoms with Crippen LogP contribution in [0, 0.1) is 10.1 Å². The minimum absolute atomic E-state index is 0.138. The van der Waals surface area contributed by atoms with Gasteiger partial charge in [0.1, 0.15) is 6.20 Å². The molecule has 2 aliphatic heterocycles. The number of thiocarbonyl (C=S) groups is 1. The summed E-state index contributed by atoms with van der Waals surface area (Å²) in [7, 11) is 1.48. The number of nitro groups is 1. The second-order valence-electron chi connectivity index (χ2n) is 7.18. The molecule has 0 bridgehead atoms. The third-order valence-corrected chi connectivity index (χ3v) is 6.34. The summed E-state index contributed by atoms with van der Waals surface area (Å²) in [5.41, 5.74) is 1.15. The van der Waals surface area contributed by atoms with E-state index >= 15 is 0 Å². The predicted molar refractivity (Wildman–Crippen MR) is 132 cm³/mol. The van der Waals surface area contributed by atoms with Gasteiger partial charge in [0.2, 0.25) is 12.7 Å². The van der Waals surface area contributed by atoms with Gasteiger partial charge in [-0.25, -0.2) is 4.98 Å². The van der Waals surface area contributed by atoms with Crippen molar-refractivity contribution in [3.05, 3.63) is 75.3 Å². The van der Waals surface area contributed by atoms with Crippen LogP contribution in [0.5, 0.6) is 28.9 Å². The van der Waals surface area contributed by atoms with Crippen molar-refractivity contribution >= 4 is 51.7 Å². The SMILES string of the molecule is COc1cc(/C=C2/SC(=S)N(c3ccc4c(c3)OCO4)C2=O)ccc1Oc1ccc([N+](=O)[O-])cn1. The highest BCUT2D eigenvalue weighted by Crippen LogP contribution is 2.41. The number of hydrogen-bond donors (Lipinski definition) is 0. The maximum atomic E-state index is 13.1. The molecule has 1 aromatic heterocycles. The Bertz CT molecular complexity index is 1390. The molecule has 0 aliphatic carbocycles. The average molecular weight is 510 g/mol. The normalized spacial score (nSPS) is 15.6. The number of benzene rings is 2. The molecule has 0 spiro atoms. The molecule has 3 heterocycles. The van der Waals surface area contributed by atoms with Gasteiger partial charge in [-0.1, -0.05) is 30.0 Å². The molecule has 0 unspecified atom stereocenters. The van der Waals surface area contributed by atoms with Crippen molar-refractivity contribution in [3.63, 3.8) is 0 Å². The number of methoxy groups -OCH3 is 1. The number of carbonyl (C=O) groups excluding carboxylic acids is 1. The first-order chi connectivity index (χ1) is 16.9. The molecule has 5 rings (SSSR count). The summed E-state index contributed by atoms with van der Waals surface area (Å²) in [5, 5.41) is 10.8. The Morgan fingerprint density at radius 1 is 1.14 bits per heavy atom. The lowest BCUT2D eigenvalue weighted by Gasteiger charge is -2.14. The predicted octanol–water partition coefficient (Wildman–Crippen LogP) is 4.93. The lowest BCUT2D eigenvalue weighted by atomic mass is 10.1. The third kappa shape index (κ3) is 4.48. The minimum Gasteiger partial charge on any atom is -0.493 e. The van der Waals surface area contributed by atoms with E-state index in [0.29, 0.717) is 43.5 Å². The molecule has 0 N–H and O–H groups in total. The third-order valence-electron chi connectivity index (χ3n) is 5.04. The van der Waals surface area contributed by atoms with Gasteiger partial charge >= 0.3 is 0 Å².